The molecule has 3 N–H and O–H groups in total. The van der Waals surface area contributed by atoms with Crippen LogP contribution in [0, 0.1) is 11.3 Å². The molecule has 2 heterocycles. The number of aromatic nitrogens is 3. The number of nitrogens with one attached hydrogen (secondary N) is 3. The summed E-state index contributed by atoms with van der Waals surface area (Å²) in [5.74, 6) is 1.22. The number of nitriles is 1. The monoisotopic (exact) mass is 417 g/mol. The van der Waals surface area contributed by atoms with Crippen LogP contribution in [0.1, 0.15) is 38.2 Å². The third-order valence-electron chi connectivity index (χ3n) is 5.37. The second-order valence-electron chi connectivity index (χ2n) is 7.38. The van der Waals surface area contributed by atoms with Crippen LogP contribution in [-0.4, -0.2) is 26.6 Å². The van der Waals surface area contributed by atoms with Gasteiger partial charge < -0.3 is 16.0 Å². The summed E-state index contributed by atoms with van der Waals surface area (Å²) in [6.45, 7) is 2.70. The van der Waals surface area contributed by atoms with Gasteiger partial charge in [0.05, 0.1) is 17.7 Å². The van der Waals surface area contributed by atoms with Gasteiger partial charge in [0.2, 0.25) is 0 Å². The number of hydrogen-bond donors (Lipinski definition) is 3. The lowest BCUT2D eigenvalue weighted by atomic mass is 9.80. The summed E-state index contributed by atoms with van der Waals surface area (Å²) >= 11 is 5.19. The Kier molecular flexibility index (Phi) is 5.72. The highest BCUT2D eigenvalue weighted by Crippen LogP contribution is 2.40. The van der Waals surface area contributed by atoms with Crippen LogP contribution in [0.15, 0.2) is 42.6 Å². The maximum absolute atomic E-state index is 9.68. The molecule has 0 bridgehead atoms. The van der Waals surface area contributed by atoms with E-state index >= 15 is 0 Å². The molecule has 0 unspecified atom stereocenters. The molecule has 1 aliphatic rings. The van der Waals surface area contributed by atoms with Crippen LogP contribution in [-0.2, 0) is 5.41 Å². The Morgan fingerprint density at radius 1 is 1.10 bits per heavy atom. The first-order chi connectivity index (χ1) is 14.6. The highest BCUT2D eigenvalue weighted by Gasteiger charge is 2.35. The number of pyridine rings is 1. The van der Waals surface area contributed by atoms with Crippen molar-refractivity contribution in [3.05, 3.63) is 48.2 Å². The first-order valence-electron chi connectivity index (χ1n) is 10.1. The predicted molar refractivity (Wildman–Crippen MR) is 123 cm³/mol. The topological polar surface area (TPSA) is 98.6 Å². The van der Waals surface area contributed by atoms with Gasteiger partial charge in [0, 0.05) is 12.2 Å². The van der Waals surface area contributed by atoms with Gasteiger partial charge in [-0.25, -0.2) is 15.0 Å². The smallest absolute Gasteiger partial charge is 0.182 e. The largest absolute Gasteiger partial charge is 0.363 e. The summed E-state index contributed by atoms with van der Waals surface area (Å²) in [6, 6.07) is 14.4. The summed E-state index contributed by atoms with van der Waals surface area (Å²) in [5.41, 5.74) is 2.90. The molecule has 2 aromatic heterocycles. The van der Waals surface area contributed by atoms with Crippen LogP contribution in [0.25, 0.3) is 11.2 Å². The Hall–Kier alpha value is -3.31. The van der Waals surface area contributed by atoms with Crippen LogP contribution in [0.3, 0.4) is 0 Å². The fraction of sp³-hybridized carbons (Fsp3) is 0.318. The summed E-state index contributed by atoms with van der Waals surface area (Å²) in [4.78, 5) is 13.5. The first kappa shape index (κ1) is 20.0. The lowest BCUT2D eigenvalue weighted by Gasteiger charge is -2.21. The van der Waals surface area contributed by atoms with E-state index in [1.807, 2.05) is 43.3 Å². The standard InChI is InChI=1S/C22H23N7S/c1-2-24-21(30)29-19-13-25-17-9-10-18(27-20(17)28-19)26-16-7-5-15(6-8-16)22(14-23)11-3-4-12-22/h5-10,13H,2-4,11-12H2,1H3,(H3,24,26,27,28,29,30). The van der Waals surface area contributed by atoms with Gasteiger partial charge in [-0.3, -0.25) is 0 Å². The molecule has 0 amide bonds. The van der Waals surface area contributed by atoms with E-state index in [0.717, 1.165) is 43.5 Å². The van der Waals surface area contributed by atoms with Crippen LogP contribution in [0.2, 0.25) is 0 Å². The van der Waals surface area contributed by atoms with Crippen molar-refractivity contribution in [2.45, 2.75) is 38.0 Å². The second-order valence-corrected chi connectivity index (χ2v) is 7.79. The second kappa shape index (κ2) is 8.59. The summed E-state index contributed by atoms with van der Waals surface area (Å²) in [7, 11) is 0. The molecule has 1 aliphatic carbocycles. The third-order valence-corrected chi connectivity index (χ3v) is 5.61. The zero-order chi connectivity index (χ0) is 21.0. The van der Waals surface area contributed by atoms with Gasteiger partial charge in [-0.05, 0) is 61.8 Å². The molecule has 0 saturated heterocycles. The fourth-order valence-electron chi connectivity index (χ4n) is 3.81. The molecule has 1 saturated carbocycles. The number of anilines is 3. The molecule has 152 valence electrons. The Balaban J connectivity index is 1.52. The van der Waals surface area contributed by atoms with Crippen molar-refractivity contribution in [2.75, 3.05) is 17.2 Å². The van der Waals surface area contributed by atoms with Crippen LogP contribution in [0.4, 0.5) is 17.3 Å². The van der Waals surface area contributed by atoms with Crippen LogP contribution >= 0.6 is 12.2 Å². The van der Waals surface area contributed by atoms with Gasteiger partial charge in [-0.2, -0.15) is 5.26 Å². The van der Waals surface area contributed by atoms with E-state index in [-0.39, 0.29) is 5.41 Å². The van der Waals surface area contributed by atoms with E-state index < -0.39 is 0 Å². The van der Waals surface area contributed by atoms with Gasteiger partial charge in [0.1, 0.15) is 11.3 Å². The third kappa shape index (κ3) is 4.16. The zero-order valence-electron chi connectivity index (χ0n) is 16.8. The molecule has 4 rings (SSSR count). The highest BCUT2D eigenvalue weighted by molar-refractivity contribution is 7.80. The van der Waals surface area contributed by atoms with Crippen LogP contribution in [0.5, 0.6) is 0 Å². The van der Waals surface area contributed by atoms with E-state index in [1.165, 1.54) is 0 Å². The van der Waals surface area contributed by atoms with Crippen molar-refractivity contribution in [3.63, 3.8) is 0 Å². The van der Waals surface area contributed by atoms with Gasteiger partial charge in [-0.1, -0.05) is 25.0 Å². The average molecular weight is 418 g/mol. The molecule has 0 spiro atoms. The van der Waals surface area contributed by atoms with Crippen molar-refractivity contribution in [3.8, 4) is 6.07 Å². The van der Waals surface area contributed by atoms with Crippen molar-refractivity contribution in [1.82, 2.24) is 20.3 Å². The first-order valence-corrected chi connectivity index (χ1v) is 10.5. The SMILES string of the molecule is CCNC(=S)Nc1cnc2ccc(Nc3ccc(C4(C#N)CCCC4)cc3)nc2n1. The minimum Gasteiger partial charge on any atom is -0.363 e. The number of nitrogens with zero attached hydrogens (tertiary/aromatic N) is 4. The van der Waals surface area contributed by atoms with Crippen molar-refractivity contribution >= 4 is 45.8 Å². The number of fused-ring (bicyclic) bond motifs is 1. The van der Waals surface area contributed by atoms with Crippen molar-refractivity contribution < 1.29 is 0 Å². The zero-order valence-corrected chi connectivity index (χ0v) is 17.6. The Morgan fingerprint density at radius 2 is 1.83 bits per heavy atom. The van der Waals surface area contributed by atoms with Crippen LogP contribution < -0.4 is 16.0 Å². The molecule has 0 atom stereocenters. The van der Waals surface area contributed by atoms with Gasteiger partial charge in [-0.15, -0.1) is 0 Å². The van der Waals surface area contributed by atoms with E-state index in [1.54, 1.807) is 6.20 Å². The molecule has 1 fully saturated rings. The molecule has 7 nitrogen and oxygen atoms in total. The Labute approximate surface area is 181 Å². The summed E-state index contributed by atoms with van der Waals surface area (Å²) in [5, 5.41) is 19.5. The molecule has 3 aromatic rings. The number of hydrogen-bond acceptors (Lipinski definition) is 6. The normalized spacial score (nSPS) is 14.8. The summed E-state index contributed by atoms with van der Waals surface area (Å²) in [6.07, 6.45) is 5.74. The van der Waals surface area contributed by atoms with Crippen molar-refractivity contribution in [1.29, 1.82) is 5.26 Å². The summed E-state index contributed by atoms with van der Waals surface area (Å²) < 4.78 is 0. The molecule has 30 heavy (non-hydrogen) atoms. The maximum Gasteiger partial charge on any atom is 0.182 e. The van der Waals surface area contributed by atoms with Gasteiger partial charge in [0.25, 0.3) is 0 Å². The molecule has 8 heteroatoms. The lowest BCUT2D eigenvalue weighted by Crippen LogP contribution is -2.28. The Bertz CT molecular complexity index is 1100. The average Bonchev–Trinajstić information content (AvgIpc) is 3.25. The molecule has 0 radical (unpaired) electrons. The minimum absolute atomic E-state index is 0.327. The molecular formula is C22H23N7S. The predicted octanol–water partition coefficient (Wildman–Crippen LogP) is 4.41. The Morgan fingerprint density at radius 3 is 2.53 bits per heavy atom. The minimum atomic E-state index is -0.327. The number of benzene rings is 1. The number of thiocarbonyl (C=S) groups is 1. The van der Waals surface area contributed by atoms with E-state index in [4.69, 9.17) is 12.2 Å². The highest BCUT2D eigenvalue weighted by atomic mass is 32.1. The molecule has 0 aliphatic heterocycles. The van der Waals surface area contributed by atoms with Gasteiger partial charge in [0.15, 0.2) is 16.6 Å². The van der Waals surface area contributed by atoms with Gasteiger partial charge >= 0.3 is 0 Å². The number of rotatable bonds is 5. The lowest BCUT2D eigenvalue weighted by molar-refractivity contribution is 0.573. The molecular weight excluding hydrogens is 394 g/mol. The maximum atomic E-state index is 9.68. The van der Waals surface area contributed by atoms with E-state index in [9.17, 15) is 5.26 Å². The fourth-order valence-corrected chi connectivity index (χ4v) is 4.06. The van der Waals surface area contributed by atoms with E-state index in [2.05, 4.69) is 37.0 Å². The van der Waals surface area contributed by atoms with E-state index in [0.29, 0.717) is 27.9 Å². The quantitative estimate of drug-likeness (QED) is 0.525. The van der Waals surface area contributed by atoms with Crippen molar-refractivity contribution in [2.24, 2.45) is 0 Å². The molecule has 1 aromatic carbocycles.